The SMILES string of the molecule is CC(=O)c1cccc(NC(=O)c2ccccc2N2C(=O)[C@@H]3CC=C(C)C[C@H]3C2=O)c1. The maximum Gasteiger partial charge on any atom is 0.257 e. The fourth-order valence-electron chi connectivity index (χ4n) is 4.15. The molecule has 6 heteroatoms. The average molecular weight is 402 g/mol. The van der Waals surface area contributed by atoms with Crippen molar-refractivity contribution in [2.24, 2.45) is 11.8 Å². The molecule has 2 aromatic carbocycles. The Morgan fingerprint density at radius 2 is 1.73 bits per heavy atom. The molecule has 0 spiro atoms. The first-order chi connectivity index (χ1) is 14.4. The average Bonchev–Trinajstić information content (AvgIpc) is 2.97. The second-order valence-corrected chi connectivity index (χ2v) is 7.82. The molecule has 1 aliphatic heterocycles. The van der Waals surface area contributed by atoms with Crippen LogP contribution >= 0.6 is 0 Å². The molecule has 2 aromatic rings. The van der Waals surface area contributed by atoms with Gasteiger partial charge in [-0.1, -0.05) is 35.9 Å². The Kier molecular flexibility index (Phi) is 5.08. The maximum atomic E-state index is 13.1. The Bertz CT molecular complexity index is 1100. The van der Waals surface area contributed by atoms with Crippen LogP contribution in [0, 0.1) is 11.8 Å². The van der Waals surface area contributed by atoms with Crippen molar-refractivity contribution in [1.82, 2.24) is 0 Å². The molecule has 0 radical (unpaired) electrons. The molecule has 6 nitrogen and oxygen atoms in total. The number of imide groups is 1. The van der Waals surface area contributed by atoms with Crippen LogP contribution in [0.1, 0.15) is 47.4 Å². The van der Waals surface area contributed by atoms with Crippen LogP contribution in [0.15, 0.2) is 60.2 Å². The molecule has 1 N–H and O–H groups in total. The number of nitrogens with zero attached hydrogens (tertiary/aromatic N) is 1. The van der Waals surface area contributed by atoms with E-state index in [0.29, 0.717) is 29.8 Å². The molecule has 2 aliphatic rings. The molecule has 1 aliphatic carbocycles. The summed E-state index contributed by atoms with van der Waals surface area (Å²) in [6.45, 7) is 3.42. The summed E-state index contributed by atoms with van der Waals surface area (Å²) < 4.78 is 0. The van der Waals surface area contributed by atoms with Gasteiger partial charge in [-0.2, -0.15) is 0 Å². The highest BCUT2D eigenvalue weighted by Crippen LogP contribution is 2.40. The number of fused-ring (bicyclic) bond motifs is 1. The van der Waals surface area contributed by atoms with Gasteiger partial charge < -0.3 is 5.32 Å². The quantitative estimate of drug-likeness (QED) is 0.476. The molecule has 0 bridgehead atoms. The highest BCUT2D eigenvalue weighted by molar-refractivity contribution is 6.25. The number of allylic oxidation sites excluding steroid dienone is 2. The fourth-order valence-corrected chi connectivity index (χ4v) is 4.15. The van der Waals surface area contributed by atoms with E-state index in [9.17, 15) is 19.2 Å². The molecule has 0 saturated carbocycles. The van der Waals surface area contributed by atoms with Gasteiger partial charge in [0, 0.05) is 11.3 Å². The van der Waals surface area contributed by atoms with Gasteiger partial charge in [0.05, 0.1) is 23.1 Å². The van der Waals surface area contributed by atoms with Gasteiger partial charge in [0.1, 0.15) is 0 Å². The summed E-state index contributed by atoms with van der Waals surface area (Å²) in [5.74, 6) is -1.80. The van der Waals surface area contributed by atoms with E-state index in [4.69, 9.17) is 0 Å². The van der Waals surface area contributed by atoms with Gasteiger partial charge in [-0.15, -0.1) is 0 Å². The number of carbonyl (C=O) groups is 4. The van der Waals surface area contributed by atoms with Crippen LogP contribution in [0.5, 0.6) is 0 Å². The van der Waals surface area contributed by atoms with Crippen molar-refractivity contribution in [3.05, 3.63) is 71.3 Å². The van der Waals surface area contributed by atoms with Crippen molar-refractivity contribution in [1.29, 1.82) is 0 Å². The summed E-state index contributed by atoms with van der Waals surface area (Å²) >= 11 is 0. The van der Waals surface area contributed by atoms with Crippen LogP contribution in [0.2, 0.25) is 0 Å². The number of amides is 3. The van der Waals surface area contributed by atoms with Gasteiger partial charge in [-0.3, -0.25) is 19.2 Å². The molecular formula is C24H22N2O4. The minimum absolute atomic E-state index is 0.105. The topological polar surface area (TPSA) is 83.6 Å². The summed E-state index contributed by atoms with van der Waals surface area (Å²) in [5.41, 5.74) is 2.58. The first kappa shape index (κ1) is 19.8. The van der Waals surface area contributed by atoms with E-state index in [-0.39, 0.29) is 35.0 Å². The zero-order chi connectivity index (χ0) is 21.4. The summed E-state index contributed by atoms with van der Waals surface area (Å²) in [6.07, 6.45) is 3.12. The lowest BCUT2D eigenvalue weighted by Gasteiger charge is -2.19. The van der Waals surface area contributed by atoms with Gasteiger partial charge in [0.2, 0.25) is 11.8 Å². The molecule has 0 unspecified atom stereocenters. The smallest absolute Gasteiger partial charge is 0.257 e. The lowest BCUT2D eigenvalue weighted by atomic mass is 9.82. The third kappa shape index (κ3) is 3.45. The molecule has 1 fully saturated rings. The molecule has 30 heavy (non-hydrogen) atoms. The minimum Gasteiger partial charge on any atom is -0.322 e. The van der Waals surface area contributed by atoms with Crippen LogP contribution < -0.4 is 10.2 Å². The predicted octanol–water partition coefficient (Wildman–Crippen LogP) is 3.99. The lowest BCUT2D eigenvalue weighted by Crippen LogP contribution is -2.33. The maximum absolute atomic E-state index is 13.1. The summed E-state index contributed by atoms with van der Waals surface area (Å²) in [4.78, 5) is 51.8. The second kappa shape index (κ2) is 7.71. The Balaban J connectivity index is 1.64. The molecule has 1 heterocycles. The third-order valence-corrected chi connectivity index (χ3v) is 5.74. The number of para-hydroxylation sites is 1. The Morgan fingerprint density at radius 1 is 1.00 bits per heavy atom. The van der Waals surface area contributed by atoms with Crippen molar-refractivity contribution in [3.63, 3.8) is 0 Å². The van der Waals surface area contributed by atoms with E-state index in [1.165, 1.54) is 11.8 Å². The number of rotatable bonds is 4. The number of nitrogens with one attached hydrogen (secondary N) is 1. The van der Waals surface area contributed by atoms with E-state index in [0.717, 1.165) is 5.57 Å². The summed E-state index contributed by atoms with van der Waals surface area (Å²) in [5, 5.41) is 2.77. The highest BCUT2D eigenvalue weighted by atomic mass is 16.2. The summed E-state index contributed by atoms with van der Waals surface area (Å²) in [6, 6.07) is 13.2. The number of carbonyl (C=O) groups excluding carboxylic acids is 4. The Morgan fingerprint density at radius 3 is 2.50 bits per heavy atom. The van der Waals surface area contributed by atoms with Crippen LogP contribution in [0.3, 0.4) is 0 Å². The number of benzene rings is 2. The number of hydrogen-bond acceptors (Lipinski definition) is 4. The van der Waals surface area contributed by atoms with E-state index < -0.39 is 5.91 Å². The molecule has 4 rings (SSSR count). The van der Waals surface area contributed by atoms with Gasteiger partial charge in [-0.25, -0.2) is 4.90 Å². The van der Waals surface area contributed by atoms with E-state index in [2.05, 4.69) is 5.32 Å². The lowest BCUT2D eigenvalue weighted by molar-refractivity contribution is -0.122. The number of hydrogen-bond donors (Lipinski definition) is 1. The molecule has 2 atom stereocenters. The zero-order valence-electron chi connectivity index (χ0n) is 16.8. The fraction of sp³-hybridized carbons (Fsp3) is 0.250. The zero-order valence-corrected chi connectivity index (χ0v) is 16.8. The molecule has 152 valence electrons. The van der Waals surface area contributed by atoms with Crippen LogP contribution in [0.25, 0.3) is 0 Å². The molecule has 0 aromatic heterocycles. The highest BCUT2D eigenvalue weighted by Gasteiger charge is 2.49. The number of anilines is 2. The first-order valence-corrected chi connectivity index (χ1v) is 9.91. The van der Waals surface area contributed by atoms with Gasteiger partial charge >= 0.3 is 0 Å². The molecular weight excluding hydrogens is 380 g/mol. The van der Waals surface area contributed by atoms with Crippen LogP contribution in [-0.4, -0.2) is 23.5 Å². The monoisotopic (exact) mass is 402 g/mol. The van der Waals surface area contributed by atoms with Gasteiger partial charge in [0.15, 0.2) is 5.78 Å². The van der Waals surface area contributed by atoms with Gasteiger partial charge in [0.25, 0.3) is 5.91 Å². The minimum atomic E-state index is -0.448. The predicted molar refractivity (Wildman–Crippen MR) is 113 cm³/mol. The van der Waals surface area contributed by atoms with Crippen LogP contribution in [0.4, 0.5) is 11.4 Å². The standard InChI is InChI=1S/C24H22N2O4/c1-14-10-11-18-20(12-14)24(30)26(23(18)29)21-9-4-3-8-19(21)22(28)25-17-7-5-6-16(13-17)15(2)27/h3-10,13,18,20H,11-12H2,1-2H3,(H,25,28)/t18-,20-/m1/s1. The van der Waals surface area contributed by atoms with Gasteiger partial charge in [-0.05, 0) is 51.0 Å². The van der Waals surface area contributed by atoms with E-state index in [1.807, 2.05) is 13.0 Å². The van der Waals surface area contributed by atoms with Crippen molar-refractivity contribution in [2.45, 2.75) is 26.7 Å². The molecule has 1 saturated heterocycles. The number of Topliss-reactive ketones (excluding diaryl/α,β-unsaturated/α-hetero) is 1. The van der Waals surface area contributed by atoms with E-state index >= 15 is 0 Å². The van der Waals surface area contributed by atoms with Crippen molar-refractivity contribution >= 4 is 34.9 Å². The van der Waals surface area contributed by atoms with Crippen molar-refractivity contribution < 1.29 is 19.2 Å². The van der Waals surface area contributed by atoms with E-state index in [1.54, 1.807) is 48.5 Å². The van der Waals surface area contributed by atoms with Crippen molar-refractivity contribution in [2.75, 3.05) is 10.2 Å². The Labute approximate surface area is 174 Å². The molecule has 3 amide bonds. The first-order valence-electron chi connectivity index (χ1n) is 9.91. The van der Waals surface area contributed by atoms with Crippen LogP contribution in [-0.2, 0) is 9.59 Å². The summed E-state index contributed by atoms with van der Waals surface area (Å²) in [7, 11) is 0. The Hall–Kier alpha value is -3.54. The van der Waals surface area contributed by atoms with Crippen molar-refractivity contribution in [3.8, 4) is 0 Å². The normalized spacial score (nSPS) is 20.6. The third-order valence-electron chi connectivity index (χ3n) is 5.74. The second-order valence-electron chi connectivity index (χ2n) is 7.82. The largest absolute Gasteiger partial charge is 0.322 e. The number of ketones is 1.